The average Bonchev–Trinajstić information content (AvgIpc) is 2.59. The fraction of sp³-hybridized carbons (Fsp3) is 0.588. The third-order valence-electron chi connectivity index (χ3n) is 3.57. The van der Waals surface area contributed by atoms with Gasteiger partial charge in [-0.2, -0.15) is 0 Å². The van der Waals surface area contributed by atoms with E-state index in [9.17, 15) is 0 Å². The van der Waals surface area contributed by atoms with Gasteiger partial charge in [-0.25, -0.2) is 4.99 Å². The second kappa shape index (κ2) is 10.7. The van der Waals surface area contributed by atoms with Crippen molar-refractivity contribution in [3.8, 4) is 11.5 Å². The van der Waals surface area contributed by atoms with E-state index in [0.29, 0.717) is 6.54 Å². The molecule has 0 aliphatic heterocycles. The molecule has 2 N–H and O–H groups in total. The molecule has 0 unspecified atom stereocenters. The lowest BCUT2D eigenvalue weighted by Gasteiger charge is -2.16. The fourth-order valence-corrected chi connectivity index (χ4v) is 2.01. The summed E-state index contributed by atoms with van der Waals surface area (Å²) in [7, 11) is 5.41. The Kier molecular flexibility index (Phi) is 8.90. The summed E-state index contributed by atoms with van der Waals surface area (Å²) in [5.74, 6) is 2.38. The van der Waals surface area contributed by atoms with Crippen molar-refractivity contribution in [2.45, 2.75) is 20.4 Å². The molecule has 0 radical (unpaired) electrons. The normalized spacial score (nSPS) is 11.5. The van der Waals surface area contributed by atoms with Gasteiger partial charge >= 0.3 is 0 Å². The second-order valence-corrected chi connectivity index (χ2v) is 5.20. The number of hydrogen-bond acceptors (Lipinski definition) is 4. The Balaban J connectivity index is 2.69. The van der Waals surface area contributed by atoms with E-state index >= 15 is 0 Å². The first-order valence-corrected chi connectivity index (χ1v) is 8.06. The predicted octanol–water partition coefficient (Wildman–Crippen LogP) is 1.71. The zero-order chi connectivity index (χ0) is 17.1. The fourth-order valence-electron chi connectivity index (χ4n) is 2.01. The van der Waals surface area contributed by atoms with Crippen molar-refractivity contribution in [1.29, 1.82) is 0 Å². The third kappa shape index (κ3) is 6.78. The number of rotatable bonds is 9. The van der Waals surface area contributed by atoms with Crippen molar-refractivity contribution in [3.63, 3.8) is 0 Å². The van der Waals surface area contributed by atoms with Crippen LogP contribution in [-0.2, 0) is 6.54 Å². The van der Waals surface area contributed by atoms with E-state index in [1.165, 1.54) is 0 Å². The lowest BCUT2D eigenvalue weighted by atomic mass is 10.2. The summed E-state index contributed by atoms with van der Waals surface area (Å²) >= 11 is 0. The lowest BCUT2D eigenvalue weighted by molar-refractivity contribution is 0.357. The van der Waals surface area contributed by atoms with Crippen molar-refractivity contribution in [3.05, 3.63) is 23.8 Å². The van der Waals surface area contributed by atoms with Gasteiger partial charge in [-0.05, 0) is 32.6 Å². The van der Waals surface area contributed by atoms with Crippen LogP contribution in [-0.4, -0.2) is 58.3 Å². The Morgan fingerprint density at radius 3 is 2.57 bits per heavy atom. The first-order chi connectivity index (χ1) is 11.1. The largest absolute Gasteiger partial charge is 0.497 e. The molecule has 0 heterocycles. The molecule has 6 heteroatoms. The van der Waals surface area contributed by atoms with Gasteiger partial charge < -0.3 is 25.0 Å². The van der Waals surface area contributed by atoms with Crippen molar-refractivity contribution >= 4 is 5.96 Å². The quantitative estimate of drug-likeness (QED) is 0.535. The lowest BCUT2D eigenvalue weighted by Crippen LogP contribution is -2.40. The Hall–Kier alpha value is -1.95. The molecular formula is C17H30N4O2. The van der Waals surface area contributed by atoms with Crippen LogP contribution in [0.1, 0.15) is 19.4 Å². The number of nitrogens with one attached hydrogen (secondary N) is 2. The molecule has 130 valence electrons. The summed E-state index contributed by atoms with van der Waals surface area (Å²) in [5.41, 5.74) is 1.02. The Morgan fingerprint density at radius 2 is 1.96 bits per heavy atom. The van der Waals surface area contributed by atoms with Crippen LogP contribution in [0.2, 0.25) is 0 Å². The van der Waals surface area contributed by atoms with Crippen LogP contribution in [0.3, 0.4) is 0 Å². The van der Waals surface area contributed by atoms with E-state index in [0.717, 1.165) is 49.2 Å². The smallest absolute Gasteiger partial charge is 0.191 e. The summed E-state index contributed by atoms with van der Waals surface area (Å²) in [5, 5.41) is 6.61. The minimum Gasteiger partial charge on any atom is -0.497 e. The number of methoxy groups -OCH3 is 2. The molecule has 0 atom stereocenters. The molecule has 0 bridgehead atoms. The molecule has 0 fully saturated rings. The van der Waals surface area contributed by atoms with Gasteiger partial charge in [0.25, 0.3) is 0 Å². The van der Waals surface area contributed by atoms with Gasteiger partial charge in [0.15, 0.2) is 5.96 Å². The Labute approximate surface area is 139 Å². The number of nitrogens with zero attached hydrogens (tertiary/aromatic N) is 2. The molecule has 0 saturated carbocycles. The van der Waals surface area contributed by atoms with Gasteiger partial charge in [0.05, 0.1) is 20.8 Å². The monoisotopic (exact) mass is 322 g/mol. The standard InChI is InChI=1S/C17H30N4O2/c1-6-18-17(19-10-11-21(3)7-2)20-13-14-8-9-15(22-4)12-16(14)23-5/h8-9,12H,6-7,10-11,13H2,1-5H3,(H2,18,19,20). The molecule has 23 heavy (non-hydrogen) atoms. The number of guanidine groups is 1. The van der Waals surface area contributed by atoms with Crippen LogP contribution < -0.4 is 20.1 Å². The van der Waals surface area contributed by atoms with Gasteiger partial charge in [0, 0.05) is 31.3 Å². The number of benzene rings is 1. The van der Waals surface area contributed by atoms with Crippen molar-refractivity contribution in [2.75, 3.05) is 47.4 Å². The van der Waals surface area contributed by atoms with E-state index in [-0.39, 0.29) is 0 Å². The predicted molar refractivity (Wildman–Crippen MR) is 95.5 cm³/mol. The van der Waals surface area contributed by atoms with Crippen molar-refractivity contribution < 1.29 is 9.47 Å². The number of likely N-dealkylation sites (N-methyl/N-ethyl adjacent to an activating group) is 1. The third-order valence-corrected chi connectivity index (χ3v) is 3.57. The van der Waals surface area contributed by atoms with E-state index < -0.39 is 0 Å². The van der Waals surface area contributed by atoms with Crippen LogP contribution in [0.4, 0.5) is 0 Å². The number of hydrogen-bond donors (Lipinski definition) is 2. The van der Waals surface area contributed by atoms with Gasteiger partial charge in [-0.1, -0.05) is 6.92 Å². The summed E-state index contributed by atoms with van der Waals surface area (Å²) in [6.45, 7) is 8.46. The zero-order valence-corrected chi connectivity index (χ0v) is 15.0. The zero-order valence-electron chi connectivity index (χ0n) is 15.0. The van der Waals surface area contributed by atoms with Gasteiger partial charge in [-0.15, -0.1) is 0 Å². The van der Waals surface area contributed by atoms with Crippen molar-refractivity contribution in [2.24, 2.45) is 4.99 Å². The summed E-state index contributed by atoms with van der Waals surface area (Å²) in [6, 6.07) is 5.78. The average molecular weight is 322 g/mol. The van der Waals surface area contributed by atoms with Crippen LogP contribution in [0.5, 0.6) is 11.5 Å². The van der Waals surface area contributed by atoms with Gasteiger partial charge in [-0.3, -0.25) is 0 Å². The molecule has 0 amide bonds. The van der Waals surface area contributed by atoms with Crippen molar-refractivity contribution in [1.82, 2.24) is 15.5 Å². The minimum atomic E-state index is 0.548. The molecule has 6 nitrogen and oxygen atoms in total. The maximum absolute atomic E-state index is 5.41. The Bertz CT molecular complexity index is 491. The van der Waals surface area contributed by atoms with E-state index in [1.807, 2.05) is 18.2 Å². The highest BCUT2D eigenvalue weighted by molar-refractivity contribution is 5.79. The highest BCUT2D eigenvalue weighted by atomic mass is 16.5. The van der Waals surface area contributed by atoms with Crippen LogP contribution >= 0.6 is 0 Å². The summed E-state index contributed by atoms with van der Waals surface area (Å²) < 4.78 is 10.6. The highest BCUT2D eigenvalue weighted by Crippen LogP contribution is 2.25. The first-order valence-electron chi connectivity index (χ1n) is 8.06. The molecular weight excluding hydrogens is 292 g/mol. The molecule has 0 saturated heterocycles. The van der Waals surface area contributed by atoms with Gasteiger partial charge in [0.1, 0.15) is 11.5 Å². The first kappa shape index (κ1) is 19.1. The maximum atomic E-state index is 5.41. The van der Waals surface area contributed by atoms with E-state index in [4.69, 9.17) is 9.47 Å². The molecule has 1 rings (SSSR count). The molecule has 0 aromatic heterocycles. The van der Waals surface area contributed by atoms with Crippen LogP contribution in [0.25, 0.3) is 0 Å². The Morgan fingerprint density at radius 1 is 1.17 bits per heavy atom. The molecule has 0 aliphatic carbocycles. The highest BCUT2D eigenvalue weighted by Gasteiger charge is 2.05. The molecule has 1 aromatic carbocycles. The summed E-state index contributed by atoms with van der Waals surface area (Å²) in [4.78, 5) is 6.88. The molecule has 0 aliphatic rings. The topological polar surface area (TPSA) is 58.1 Å². The maximum Gasteiger partial charge on any atom is 0.191 e. The van der Waals surface area contributed by atoms with Crippen LogP contribution in [0.15, 0.2) is 23.2 Å². The second-order valence-electron chi connectivity index (χ2n) is 5.20. The van der Waals surface area contributed by atoms with Crippen LogP contribution in [0, 0.1) is 0 Å². The molecule has 0 spiro atoms. The summed E-state index contributed by atoms with van der Waals surface area (Å²) in [6.07, 6.45) is 0. The van der Waals surface area contributed by atoms with Gasteiger partial charge in [0.2, 0.25) is 0 Å². The SMILES string of the molecule is CCNC(=NCc1ccc(OC)cc1OC)NCCN(C)CC. The van der Waals surface area contributed by atoms with E-state index in [1.54, 1.807) is 14.2 Å². The van der Waals surface area contributed by atoms with E-state index in [2.05, 4.69) is 41.4 Å². The number of ether oxygens (including phenoxy) is 2. The minimum absolute atomic E-state index is 0.548. The molecule has 1 aromatic rings. The number of aliphatic imine (C=N–C) groups is 1.